The lowest BCUT2D eigenvalue weighted by molar-refractivity contribution is 0.0935. The molecular weight excluding hydrogens is 579 g/mol. The van der Waals surface area contributed by atoms with Gasteiger partial charge in [-0.2, -0.15) is 0 Å². The summed E-state index contributed by atoms with van der Waals surface area (Å²) in [5.74, 6) is -0.781. The molecule has 1 atom stereocenters. The number of aryl methyl sites for hydroxylation is 1. The Morgan fingerprint density at radius 2 is 1.86 bits per heavy atom. The van der Waals surface area contributed by atoms with Crippen molar-refractivity contribution in [2.75, 3.05) is 4.90 Å². The van der Waals surface area contributed by atoms with Gasteiger partial charge in [0.15, 0.2) is 11.6 Å². The van der Waals surface area contributed by atoms with Crippen LogP contribution in [0.15, 0.2) is 66.9 Å². The number of hydrogen-bond donors (Lipinski definition) is 2. The lowest BCUT2D eigenvalue weighted by Gasteiger charge is -2.25. The van der Waals surface area contributed by atoms with Crippen LogP contribution in [0.2, 0.25) is 10.0 Å². The van der Waals surface area contributed by atoms with Gasteiger partial charge >= 0.3 is 6.09 Å². The molecule has 2 aromatic carbocycles. The third-order valence-electron chi connectivity index (χ3n) is 6.93. The molecule has 1 aliphatic rings. The fourth-order valence-electron chi connectivity index (χ4n) is 4.64. The maximum Gasteiger partial charge on any atom is 0.420 e. The molecule has 0 aliphatic heterocycles. The highest BCUT2D eigenvalue weighted by Crippen LogP contribution is 2.37. The molecule has 5 rings (SSSR count). The number of nitrogens with zero attached hydrogens (tertiary/aromatic N) is 4. The molecule has 4 aromatic rings. The highest BCUT2D eigenvalue weighted by atomic mass is 35.5. The summed E-state index contributed by atoms with van der Waals surface area (Å²) in [6, 6.07) is 16.7. The first-order valence-corrected chi connectivity index (χ1v) is 14.0. The Balaban J connectivity index is 1.64. The number of benzene rings is 2. The first kappa shape index (κ1) is 29.1. The summed E-state index contributed by atoms with van der Waals surface area (Å²) in [6.07, 6.45) is 2.70. The van der Waals surface area contributed by atoms with Gasteiger partial charge in [0.2, 0.25) is 0 Å². The van der Waals surface area contributed by atoms with Gasteiger partial charge in [0.05, 0.1) is 16.3 Å². The number of halogens is 2. The number of nitrogens with two attached hydrogens (primary N) is 1. The monoisotopic (exact) mass is 606 g/mol. The van der Waals surface area contributed by atoms with Crippen LogP contribution in [0.3, 0.4) is 0 Å². The second-order valence-electron chi connectivity index (χ2n) is 10.1. The summed E-state index contributed by atoms with van der Waals surface area (Å²) in [6.45, 7) is 3.59. The lowest BCUT2D eigenvalue weighted by atomic mass is 10.0. The van der Waals surface area contributed by atoms with Gasteiger partial charge in [-0.05, 0) is 68.0 Å². The minimum Gasteiger partial charge on any atom is -0.444 e. The van der Waals surface area contributed by atoms with Crippen molar-refractivity contribution in [1.82, 2.24) is 20.1 Å². The summed E-state index contributed by atoms with van der Waals surface area (Å²) >= 11 is 12.8. The van der Waals surface area contributed by atoms with E-state index in [0.29, 0.717) is 16.5 Å². The van der Waals surface area contributed by atoms with Crippen LogP contribution in [-0.2, 0) is 11.3 Å². The average molecular weight is 607 g/mol. The molecule has 3 amide bonds. The number of aromatic nitrogens is 3. The Labute approximate surface area is 252 Å². The number of hydrogen-bond acceptors (Lipinski definition) is 6. The van der Waals surface area contributed by atoms with E-state index in [1.807, 2.05) is 37.3 Å². The molecule has 1 fully saturated rings. The van der Waals surface area contributed by atoms with Gasteiger partial charge in [0.1, 0.15) is 12.3 Å². The van der Waals surface area contributed by atoms with Crippen LogP contribution in [0.4, 0.5) is 16.3 Å². The molecule has 0 spiro atoms. The number of pyridine rings is 1. The van der Waals surface area contributed by atoms with Crippen molar-refractivity contribution in [2.24, 2.45) is 11.7 Å². The first-order valence-electron chi connectivity index (χ1n) is 13.3. The number of primary amides is 1. The molecule has 3 N–H and O–H groups in total. The van der Waals surface area contributed by atoms with Crippen molar-refractivity contribution >= 4 is 52.6 Å². The van der Waals surface area contributed by atoms with Gasteiger partial charge in [0.25, 0.3) is 11.8 Å². The van der Waals surface area contributed by atoms with E-state index in [1.54, 1.807) is 25.1 Å². The minimum atomic E-state index is -0.846. The SMILES string of the molecule is Cc1cc(Cl)cc(C(=O)NC(C)C2CC2)c1N(C(=O)OCc1ccccc1)c1cc(C(N)=O)n(-c2ncccc2Cl)n1. The van der Waals surface area contributed by atoms with Crippen LogP contribution in [0, 0.1) is 12.8 Å². The number of nitrogens with one attached hydrogen (secondary N) is 1. The van der Waals surface area contributed by atoms with Crippen LogP contribution in [-0.4, -0.2) is 38.7 Å². The highest BCUT2D eigenvalue weighted by Gasteiger charge is 2.33. The average Bonchev–Trinajstić information content (AvgIpc) is 3.73. The van der Waals surface area contributed by atoms with E-state index in [0.717, 1.165) is 28.0 Å². The van der Waals surface area contributed by atoms with Crippen molar-refractivity contribution in [3.8, 4) is 5.82 Å². The Morgan fingerprint density at radius 3 is 2.52 bits per heavy atom. The summed E-state index contributed by atoms with van der Waals surface area (Å²) in [5, 5.41) is 8.03. The number of carbonyl (C=O) groups is 3. The molecule has 42 heavy (non-hydrogen) atoms. The van der Waals surface area contributed by atoms with Crippen LogP contribution in [0.1, 0.15) is 51.7 Å². The number of carbonyl (C=O) groups excluding carboxylic acids is 3. The van der Waals surface area contributed by atoms with Gasteiger partial charge in [-0.1, -0.05) is 53.5 Å². The number of amides is 3. The fraction of sp³-hybridized carbons (Fsp3) is 0.233. The van der Waals surface area contributed by atoms with Gasteiger partial charge in [0, 0.05) is 23.3 Å². The normalized spacial score (nSPS) is 13.3. The van der Waals surface area contributed by atoms with Gasteiger partial charge in [-0.15, -0.1) is 5.10 Å². The van der Waals surface area contributed by atoms with Gasteiger partial charge < -0.3 is 15.8 Å². The summed E-state index contributed by atoms with van der Waals surface area (Å²) in [5.41, 5.74) is 7.17. The van der Waals surface area contributed by atoms with E-state index >= 15 is 0 Å². The van der Waals surface area contributed by atoms with E-state index in [9.17, 15) is 14.4 Å². The zero-order valence-corrected chi connectivity index (χ0v) is 24.4. The second kappa shape index (κ2) is 12.2. The third kappa shape index (κ3) is 6.24. The van der Waals surface area contributed by atoms with Crippen molar-refractivity contribution in [3.05, 3.63) is 99.3 Å². The molecule has 1 unspecified atom stereocenters. The Morgan fingerprint density at radius 1 is 1.12 bits per heavy atom. The zero-order chi connectivity index (χ0) is 30.0. The predicted molar refractivity (Wildman–Crippen MR) is 159 cm³/mol. The Kier molecular flexibility index (Phi) is 8.46. The van der Waals surface area contributed by atoms with E-state index in [1.165, 1.54) is 18.3 Å². The first-order chi connectivity index (χ1) is 20.1. The molecular formula is C30H28Cl2N6O4. The smallest absolute Gasteiger partial charge is 0.420 e. The highest BCUT2D eigenvalue weighted by molar-refractivity contribution is 6.32. The summed E-state index contributed by atoms with van der Waals surface area (Å²) < 4.78 is 6.85. The standard InChI is InChI=1S/C30H28Cl2N6O4/c1-17-13-21(31)14-22(29(40)35-18(2)20-10-11-20)26(17)37(30(41)42-16-19-7-4-3-5-8-19)25-15-24(27(33)39)38(36-25)28-23(32)9-6-12-34-28/h3-9,12-15,18,20H,10-11,16H2,1-2H3,(H2,33,39)(H,35,40). The molecule has 10 nitrogen and oxygen atoms in total. The maximum absolute atomic E-state index is 13.9. The van der Waals surface area contributed by atoms with Crippen LogP contribution >= 0.6 is 23.2 Å². The number of anilines is 2. The maximum atomic E-state index is 13.9. The van der Waals surface area contributed by atoms with Crippen LogP contribution in [0.5, 0.6) is 0 Å². The topological polar surface area (TPSA) is 132 Å². The molecule has 2 heterocycles. The molecule has 216 valence electrons. The molecule has 0 bridgehead atoms. The summed E-state index contributed by atoms with van der Waals surface area (Å²) in [7, 11) is 0. The van der Waals surface area contributed by atoms with E-state index in [-0.39, 0.29) is 46.3 Å². The van der Waals surface area contributed by atoms with Crippen LogP contribution < -0.4 is 16.0 Å². The molecule has 12 heteroatoms. The van der Waals surface area contributed by atoms with Crippen molar-refractivity contribution in [3.63, 3.8) is 0 Å². The quantitative estimate of drug-likeness (QED) is 0.241. The zero-order valence-electron chi connectivity index (χ0n) is 22.9. The molecule has 1 saturated carbocycles. The molecule has 2 aromatic heterocycles. The number of rotatable bonds is 9. The van der Waals surface area contributed by atoms with E-state index in [4.69, 9.17) is 33.7 Å². The van der Waals surface area contributed by atoms with Crippen molar-refractivity contribution in [2.45, 2.75) is 39.3 Å². The molecule has 0 radical (unpaired) electrons. The Hall–Kier alpha value is -4.41. The largest absolute Gasteiger partial charge is 0.444 e. The van der Waals surface area contributed by atoms with E-state index in [2.05, 4.69) is 15.4 Å². The molecule has 0 saturated heterocycles. The van der Waals surface area contributed by atoms with Crippen molar-refractivity contribution in [1.29, 1.82) is 0 Å². The van der Waals surface area contributed by atoms with Gasteiger partial charge in [-0.25, -0.2) is 19.4 Å². The lowest BCUT2D eigenvalue weighted by Crippen LogP contribution is -2.36. The summed E-state index contributed by atoms with van der Waals surface area (Å²) in [4.78, 5) is 45.4. The minimum absolute atomic E-state index is 0.0432. The van der Waals surface area contributed by atoms with Crippen LogP contribution in [0.25, 0.3) is 5.82 Å². The molecule has 1 aliphatic carbocycles. The van der Waals surface area contributed by atoms with Crippen molar-refractivity contribution < 1.29 is 19.1 Å². The second-order valence-corrected chi connectivity index (χ2v) is 10.9. The Bertz CT molecular complexity index is 1660. The number of ether oxygens (including phenoxy) is 1. The predicted octanol–water partition coefficient (Wildman–Crippen LogP) is 5.98. The fourth-order valence-corrected chi connectivity index (χ4v) is 5.11. The van der Waals surface area contributed by atoms with Gasteiger partial charge in [-0.3, -0.25) is 9.59 Å². The van der Waals surface area contributed by atoms with E-state index < -0.39 is 17.9 Å². The third-order valence-corrected chi connectivity index (χ3v) is 7.44.